The molecule has 0 spiro atoms. The quantitative estimate of drug-likeness (QED) is 0.687. The first kappa shape index (κ1) is 13.5. The first-order valence-corrected chi connectivity index (χ1v) is 7.30. The third kappa shape index (κ3) is 2.70. The molecule has 8 heteroatoms. The number of amides is 1. The van der Waals surface area contributed by atoms with Gasteiger partial charge in [-0.25, -0.2) is 4.98 Å². The lowest BCUT2D eigenvalue weighted by atomic mass is 10.2. The molecule has 1 atom stereocenters. The molecule has 0 fully saturated rings. The van der Waals surface area contributed by atoms with Crippen molar-refractivity contribution in [3.63, 3.8) is 0 Å². The summed E-state index contributed by atoms with van der Waals surface area (Å²) in [5, 5.41) is 18.5. The number of hydrogen-bond donors (Lipinski definition) is 3. The number of aromatic amines is 2. The van der Waals surface area contributed by atoms with E-state index in [4.69, 9.17) is 0 Å². The Kier molecular flexibility index (Phi) is 3.53. The second-order valence-corrected chi connectivity index (χ2v) is 5.56. The van der Waals surface area contributed by atoms with Crippen LogP contribution in [0.5, 0.6) is 0 Å². The Morgan fingerprint density at radius 1 is 1.43 bits per heavy atom. The van der Waals surface area contributed by atoms with Crippen LogP contribution in [-0.4, -0.2) is 31.3 Å². The Labute approximate surface area is 124 Å². The first-order valence-electron chi connectivity index (χ1n) is 6.42. The van der Waals surface area contributed by atoms with Gasteiger partial charge in [0.2, 0.25) is 0 Å². The van der Waals surface area contributed by atoms with Crippen molar-refractivity contribution in [2.24, 2.45) is 0 Å². The van der Waals surface area contributed by atoms with E-state index in [-0.39, 0.29) is 11.9 Å². The van der Waals surface area contributed by atoms with E-state index in [1.54, 1.807) is 11.3 Å². The van der Waals surface area contributed by atoms with Gasteiger partial charge in [0.1, 0.15) is 5.82 Å². The predicted molar refractivity (Wildman–Crippen MR) is 78.9 cm³/mol. The summed E-state index contributed by atoms with van der Waals surface area (Å²) in [7, 11) is 0. The second kappa shape index (κ2) is 5.49. The number of hydrogen-bond acceptors (Lipinski definition) is 5. The molecule has 0 saturated carbocycles. The molecule has 0 bridgehead atoms. The van der Waals surface area contributed by atoms with Crippen molar-refractivity contribution >= 4 is 17.2 Å². The largest absolute Gasteiger partial charge is 0.342 e. The standard InChI is InChI=1S/C13H14N6OS/c1-7(12-16-8(2)17-19-12)15-13(20)9-6-14-18-11(9)10-4-3-5-21-10/h3-7H,1-2H3,(H,14,18)(H,15,20)(H,16,17,19). The smallest absolute Gasteiger partial charge is 0.255 e. The Morgan fingerprint density at radius 3 is 2.95 bits per heavy atom. The van der Waals surface area contributed by atoms with Gasteiger partial charge in [0.25, 0.3) is 5.91 Å². The van der Waals surface area contributed by atoms with Crippen LogP contribution in [0.1, 0.15) is 35.0 Å². The van der Waals surface area contributed by atoms with E-state index in [1.165, 1.54) is 6.20 Å². The average molecular weight is 302 g/mol. The Hall–Kier alpha value is -2.48. The summed E-state index contributed by atoms with van der Waals surface area (Å²) in [6.07, 6.45) is 1.53. The number of H-pyrrole nitrogens is 2. The van der Waals surface area contributed by atoms with Crippen molar-refractivity contribution in [2.45, 2.75) is 19.9 Å². The molecule has 21 heavy (non-hydrogen) atoms. The summed E-state index contributed by atoms with van der Waals surface area (Å²) in [6, 6.07) is 3.59. The van der Waals surface area contributed by atoms with Crippen LogP contribution < -0.4 is 5.32 Å². The molecular weight excluding hydrogens is 288 g/mol. The van der Waals surface area contributed by atoms with Crippen LogP contribution in [0, 0.1) is 6.92 Å². The number of nitrogens with zero attached hydrogens (tertiary/aromatic N) is 3. The zero-order chi connectivity index (χ0) is 14.8. The zero-order valence-corrected chi connectivity index (χ0v) is 12.4. The molecule has 1 amide bonds. The topological polar surface area (TPSA) is 99.3 Å². The maximum absolute atomic E-state index is 12.4. The minimum absolute atomic E-state index is 0.206. The summed E-state index contributed by atoms with van der Waals surface area (Å²) in [4.78, 5) is 17.6. The Bertz CT molecular complexity index is 744. The minimum atomic E-state index is -0.284. The molecule has 3 heterocycles. The van der Waals surface area contributed by atoms with Crippen molar-refractivity contribution in [3.8, 4) is 10.6 Å². The number of carbonyl (C=O) groups excluding carboxylic acids is 1. The molecule has 0 saturated heterocycles. The normalized spacial score (nSPS) is 12.3. The van der Waals surface area contributed by atoms with E-state index >= 15 is 0 Å². The monoisotopic (exact) mass is 302 g/mol. The average Bonchev–Trinajstić information content (AvgIpc) is 3.19. The summed E-state index contributed by atoms with van der Waals surface area (Å²) in [5.41, 5.74) is 1.23. The van der Waals surface area contributed by atoms with Crippen LogP contribution in [0.25, 0.3) is 10.6 Å². The molecule has 0 aromatic carbocycles. The highest BCUT2D eigenvalue weighted by molar-refractivity contribution is 7.13. The second-order valence-electron chi connectivity index (χ2n) is 4.61. The van der Waals surface area contributed by atoms with Gasteiger partial charge in [0.05, 0.1) is 28.4 Å². The van der Waals surface area contributed by atoms with E-state index in [9.17, 15) is 4.79 Å². The summed E-state index contributed by atoms with van der Waals surface area (Å²) in [5.74, 6) is 1.07. The number of aryl methyl sites for hydroxylation is 1. The van der Waals surface area contributed by atoms with E-state index in [2.05, 4.69) is 30.7 Å². The van der Waals surface area contributed by atoms with Crippen LogP contribution >= 0.6 is 11.3 Å². The summed E-state index contributed by atoms with van der Waals surface area (Å²) < 4.78 is 0. The Balaban J connectivity index is 1.79. The number of aromatic nitrogens is 5. The molecule has 0 aliphatic carbocycles. The highest BCUT2D eigenvalue weighted by Crippen LogP contribution is 2.26. The Morgan fingerprint density at radius 2 is 2.29 bits per heavy atom. The van der Waals surface area contributed by atoms with E-state index in [0.717, 1.165) is 10.6 Å². The number of carbonyl (C=O) groups is 1. The van der Waals surface area contributed by atoms with Crippen LogP contribution in [-0.2, 0) is 0 Å². The molecule has 3 aromatic heterocycles. The SMILES string of the molecule is Cc1nc(C(C)NC(=O)c2cn[nH]c2-c2cccs2)n[nH]1. The maximum Gasteiger partial charge on any atom is 0.255 e. The minimum Gasteiger partial charge on any atom is -0.342 e. The third-order valence-electron chi connectivity index (χ3n) is 3.00. The van der Waals surface area contributed by atoms with Crippen LogP contribution in [0.4, 0.5) is 0 Å². The molecule has 3 aromatic rings. The van der Waals surface area contributed by atoms with Crippen molar-refractivity contribution in [2.75, 3.05) is 0 Å². The van der Waals surface area contributed by atoms with Gasteiger partial charge in [-0.05, 0) is 25.3 Å². The van der Waals surface area contributed by atoms with Crippen LogP contribution in [0.15, 0.2) is 23.7 Å². The van der Waals surface area contributed by atoms with Gasteiger partial charge in [-0.15, -0.1) is 11.3 Å². The lowest BCUT2D eigenvalue weighted by molar-refractivity contribution is 0.0939. The number of nitrogens with one attached hydrogen (secondary N) is 3. The lowest BCUT2D eigenvalue weighted by Crippen LogP contribution is -2.27. The van der Waals surface area contributed by atoms with Crippen molar-refractivity contribution < 1.29 is 4.79 Å². The molecule has 0 aliphatic heterocycles. The fourth-order valence-electron chi connectivity index (χ4n) is 1.96. The van der Waals surface area contributed by atoms with Crippen molar-refractivity contribution in [3.05, 3.63) is 40.9 Å². The third-order valence-corrected chi connectivity index (χ3v) is 3.89. The van der Waals surface area contributed by atoms with Crippen molar-refractivity contribution in [1.29, 1.82) is 0 Å². The molecular formula is C13H14N6OS. The van der Waals surface area contributed by atoms with Crippen molar-refractivity contribution in [1.82, 2.24) is 30.7 Å². The van der Waals surface area contributed by atoms with E-state index < -0.39 is 0 Å². The summed E-state index contributed by atoms with van der Waals surface area (Å²) >= 11 is 1.55. The highest BCUT2D eigenvalue weighted by atomic mass is 32.1. The molecule has 1 unspecified atom stereocenters. The van der Waals surface area contributed by atoms with E-state index in [1.807, 2.05) is 31.4 Å². The molecule has 108 valence electrons. The molecule has 0 aliphatic rings. The van der Waals surface area contributed by atoms with Crippen LogP contribution in [0.3, 0.4) is 0 Å². The molecule has 3 N–H and O–H groups in total. The molecule has 7 nitrogen and oxygen atoms in total. The van der Waals surface area contributed by atoms with Gasteiger partial charge in [-0.3, -0.25) is 15.0 Å². The fraction of sp³-hybridized carbons (Fsp3) is 0.231. The van der Waals surface area contributed by atoms with Crippen LogP contribution in [0.2, 0.25) is 0 Å². The van der Waals surface area contributed by atoms with Gasteiger partial charge in [0, 0.05) is 0 Å². The van der Waals surface area contributed by atoms with E-state index in [0.29, 0.717) is 17.2 Å². The molecule has 0 radical (unpaired) electrons. The fourth-order valence-corrected chi connectivity index (χ4v) is 2.69. The first-order chi connectivity index (χ1) is 10.1. The number of thiophene rings is 1. The highest BCUT2D eigenvalue weighted by Gasteiger charge is 2.19. The number of rotatable bonds is 4. The predicted octanol–water partition coefficient (Wildman–Crippen LogP) is 2.06. The summed E-state index contributed by atoms with van der Waals surface area (Å²) in [6.45, 7) is 3.65. The van der Waals surface area contributed by atoms with Gasteiger partial charge in [-0.1, -0.05) is 6.07 Å². The van der Waals surface area contributed by atoms with Gasteiger partial charge >= 0.3 is 0 Å². The van der Waals surface area contributed by atoms with Gasteiger partial charge < -0.3 is 5.32 Å². The van der Waals surface area contributed by atoms with Gasteiger partial charge in [-0.2, -0.15) is 10.2 Å². The zero-order valence-electron chi connectivity index (χ0n) is 11.5. The van der Waals surface area contributed by atoms with Gasteiger partial charge in [0.15, 0.2) is 5.82 Å². The lowest BCUT2D eigenvalue weighted by Gasteiger charge is -2.10. The molecule has 3 rings (SSSR count). The maximum atomic E-state index is 12.4.